The van der Waals surface area contributed by atoms with Gasteiger partial charge in [-0.1, -0.05) is 26.0 Å². The molecule has 0 aliphatic heterocycles. The molecule has 0 bridgehead atoms. The molecule has 2 aromatic rings. The number of hydrogen-bond acceptors (Lipinski definition) is 5. The molecule has 0 fully saturated rings. The minimum atomic E-state index is -3.46. The lowest BCUT2D eigenvalue weighted by atomic mass is 10.2. The fraction of sp³-hybridized carbons (Fsp3) is 0.421. The summed E-state index contributed by atoms with van der Waals surface area (Å²) in [5, 5.41) is 2.83. The normalized spacial score (nSPS) is 11.5. The van der Waals surface area contributed by atoms with E-state index >= 15 is 0 Å². The molecule has 1 heterocycles. The summed E-state index contributed by atoms with van der Waals surface area (Å²) in [4.78, 5) is 14.7. The van der Waals surface area contributed by atoms with Crippen molar-refractivity contribution in [2.45, 2.75) is 31.1 Å². The van der Waals surface area contributed by atoms with E-state index in [0.717, 1.165) is 16.2 Å². The van der Waals surface area contributed by atoms with Gasteiger partial charge in [0.05, 0.1) is 13.7 Å². The SMILES string of the molecule is CCN(CC)S(=O)(=O)c1ccc(CNC(=O)N(C)Cc2ccc(OC)cc2)s1. The summed E-state index contributed by atoms with van der Waals surface area (Å²) in [5.74, 6) is 0.768. The predicted octanol–water partition coefficient (Wildman–Crippen LogP) is 3.13. The van der Waals surface area contributed by atoms with Crippen LogP contribution in [0, 0.1) is 0 Å². The molecule has 9 heteroatoms. The molecule has 28 heavy (non-hydrogen) atoms. The van der Waals surface area contributed by atoms with Gasteiger partial charge in [-0.15, -0.1) is 11.3 Å². The van der Waals surface area contributed by atoms with Crippen LogP contribution in [0.1, 0.15) is 24.3 Å². The van der Waals surface area contributed by atoms with Crippen molar-refractivity contribution in [3.63, 3.8) is 0 Å². The third-order valence-electron chi connectivity index (χ3n) is 4.28. The second-order valence-electron chi connectivity index (χ2n) is 6.17. The van der Waals surface area contributed by atoms with Crippen molar-refractivity contribution in [3.8, 4) is 5.75 Å². The van der Waals surface area contributed by atoms with E-state index in [4.69, 9.17) is 4.74 Å². The third kappa shape index (κ3) is 5.46. The lowest BCUT2D eigenvalue weighted by molar-refractivity contribution is 0.206. The molecule has 1 N–H and O–H groups in total. The van der Waals surface area contributed by atoms with Crippen LogP contribution in [0.2, 0.25) is 0 Å². The van der Waals surface area contributed by atoms with Crippen LogP contribution in [0.15, 0.2) is 40.6 Å². The van der Waals surface area contributed by atoms with Crippen LogP contribution < -0.4 is 10.1 Å². The highest BCUT2D eigenvalue weighted by Gasteiger charge is 2.23. The standard InChI is InChI=1S/C19H27N3O4S2/c1-5-22(6-2)28(24,25)18-12-11-17(27-18)13-20-19(23)21(3)14-15-7-9-16(26-4)10-8-15/h7-12H,5-6,13-14H2,1-4H3,(H,20,23). The quantitative estimate of drug-likeness (QED) is 0.669. The molecular weight excluding hydrogens is 398 g/mol. The lowest BCUT2D eigenvalue weighted by Crippen LogP contribution is -2.36. The van der Waals surface area contributed by atoms with Crippen molar-refractivity contribution in [2.24, 2.45) is 0 Å². The molecule has 2 rings (SSSR count). The van der Waals surface area contributed by atoms with Crippen LogP contribution in [0.25, 0.3) is 0 Å². The molecule has 2 amide bonds. The van der Waals surface area contributed by atoms with E-state index in [1.165, 1.54) is 15.6 Å². The summed E-state index contributed by atoms with van der Waals surface area (Å²) in [6.07, 6.45) is 0. The molecule has 154 valence electrons. The molecule has 7 nitrogen and oxygen atoms in total. The van der Waals surface area contributed by atoms with E-state index in [2.05, 4.69) is 5.32 Å². The van der Waals surface area contributed by atoms with Crippen LogP contribution in [0.5, 0.6) is 5.75 Å². The van der Waals surface area contributed by atoms with E-state index in [1.54, 1.807) is 31.2 Å². The van der Waals surface area contributed by atoms with Crippen molar-refractivity contribution in [3.05, 3.63) is 46.8 Å². The number of carbonyl (C=O) groups excluding carboxylic acids is 1. The van der Waals surface area contributed by atoms with Crippen molar-refractivity contribution >= 4 is 27.4 Å². The Bertz CT molecular complexity index is 875. The Morgan fingerprint density at radius 3 is 2.32 bits per heavy atom. The zero-order valence-electron chi connectivity index (χ0n) is 16.6. The van der Waals surface area contributed by atoms with Crippen LogP contribution >= 0.6 is 11.3 Å². The van der Waals surface area contributed by atoms with E-state index in [9.17, 15) is 13.2 Å². The summed E-state index contributed by atoms with van der Waals surface area (Å²) in [5.41, 5.74) is 0.988. The maximum absolute atomic E-state index is 12.5. The first-order valence-electron chi connectivity index (χ1n) is 9.02. The Hall–Kier alpha value is -2.10. The van der Waals surface area contributed by atoms with Gasteiger partial charge in [-0.2, -0.15) is 4.31 Å². The summed E-state index contributed by atoms with van der Waals surface area (Å²) < 4.78 is 31.9. The van der Waals surface area contributed by atoms with Crippen molar-refractivity contribution in [2.75, 3.05) is 27.2 Å². The second-order valence-corrected chi connectivity index (χ2v) is 9.51. The summed E-state index contributed by atoms with van der Waals surface area (Å²) in [7, 11) is -0.142. The maximum atomic E-state index is 12.5. The van der Waals surface area contributed by atoms with Crippen molar-refractivity contribution < 1.29 is 17.9 Å². The molecule has 0 spiro atoms. The zero-order chi connectivity index (χ0) is 20.7. The van der Waals surface area contributed by atoms with Gasteiger partial charge in [0.1, 0.15) is 9.96 Å². The molecule has 0 saturated carbocycles. The number of nitrogens with one attached hydrogen (secondary N) is 1. The Morgan fingerprint density at radius 1 is 1.11 bits per heavy atom. The average molecular weight is 426 g/mol. The van der Waals surface area contributed by atoms with Gasteiger partial charge in [0.2, 0.25) is 0 Å². The van der Waals surface area contributed by atoms with Gasteiger partial charge in [0, 0.05) is 31.6 Å². The first-order chi connectivity index (χ1) is 13.3. The molecule has 0 aliphatic rings. The van der Waals surface area contributed by atoms with Crippen molar-refractivity contribution in [1.29, 1.82) is 0 Å². The highest BCUT2D eigenvalue weighted by Crippen LogP contribution is 2.24. The summed E-state index contributed by atoms with van der Waals surface area (Å²) in [6, 6.07) is 10.6. The monoisotopic (exact) mass is 425 g/mol. The predicted molar refractivity (Wildman–Crippen MR) is 111 cm³/mol. The van der Waals surface area contributed by atoms with Gasteiger partial charge in [-0.05, 0) is 29.8 Å². The number of amides is 2. The third-order valence-corrected chi connectivity index (χ3v) is 7.88. The minimum Gasteiger partial charge on any atom is -0.497 e. The number of sulfonamides is 1. The Morgan fingerprint density at radius 2 is 1.75 bits per heavy atom. The number of thiophene rings is 1. The smallest absolute Gasteiger partial charge is 0.317 e. The average Bonchev–Trinajstić information content (AvgIpc) is 3.17. The van der Waals surface area contributed by atoms with Crippen LogP contribution in [-0.4, -0.2) is 50.9 Å². The Balaban J connectivity index is 1.92. The van der Waals surface area contributed by atoms with E-state index < -0.39 is 10.0 Å². The first-order valence-corrected chi connectivity index (χ1v) is 11.3. The van der Waals surface area contributed by atoms with Crippen LogP contribution in [-0.2, 0) is 23.1 Å². The fourth-order valence-corrected chi connectivity index (χ4v) is 5.56. The number of urea groups is 1. The van der Waals surface area contributed by atoms with E-state index in [-0.39, 0.29) is 12.6 Å². The number of benzene rings is 1. The molecule has 1 aromatic heterocycles. The zero-order valence-corrected chi connectivity index (χ0v) is 18.3. The number of methoxy groups -OCH3 is 1. The maximum Gasteiger partial charge on any atom is 0.317 e. The van der Waals surface area contributed by atoms with E-state index in [0.29, 0.717) is 23.8 Å². The minimum absolute atomic E-state index is 0.225. The highest BCUT2D eigenvalue weighted by atomic mass is 32.2. The number of carbonyl (C=O) groups is 1. The lowest BCUT2D eigenvalue weighted by Gasteiger charge is -2.18. The second kappa shape index (κ2) is 9.90. The number of rotatable bonds is 9. The largest absolute Gasteiger partial charge is 0.497 e. The first kappa shape index (κ1) is 22.2. The summed E-state index contributed by atoms with van der Waals surface area (Å²) in [6.45, 7) is 5.23. The van der Waals surface area contributed by atoms with Gasteiger partial charge in [-0.25, -0.2) is 13.2 Å². The molecule has 0 aliphatic carbocycles. The van der Waals surface area contributed by atoms with Gasteiger partial charge in [0.15, 0.2) is 0 Å². The molecule has 1 aromatic carbocycles. The Labute approximate surface area is 171 Å². The Kier molecular flexibility index (Phi) is 7.85. The van der Waals surface area contributed by atoms with Gasteiger partial charge < -0.3 is 15.0 Å². The number of hydrogen-bond donors (Lipinski definition) is 1. The molecule has 0 unspecified atom stereocenters. The molecule has 0 radical (unpaired) electrons. The van der Waals surface area contributed by atoms with Gasteiger partial charge >= 0.3 is 6.03 Å². The van der Waals surface area contributed by atoms with Gasteiger partial charge in [0.25, 0.3) is 10.0 Å². The molecule has 0 atom stereocenters. The van der Waals surface area contributed by atoms with Crippen LogP contribution in [0.4, 0.5) is 4.79 Å². The van der Waals surface area contributed by atoms with E-state index in [1.807, 2.05) is 38.1 Å². The number of nitrogens with zero attached hydrogens (tertiary/aromatic N) is 2. The molecular formula is C19H27N3O4S2. The van der Waals surface area contributed by atoms with Gasteiger partial charge in [-0.3, -0.25) is 0 Å². The molecule has 0 saturated heterocycles. The van der Waals surface area contributed by atoms with Crippen molar-refractivity contribution in [1.82, 2.24) is 14.5 Å². The summed E-state index contributed by atoms with van der Waals surface area (Å²) >= 11 is 1.18. The topological polar surface area (TPSA) is 79.0 Å². The highest BCUT2D eigenvalue weighted by molar-refractivity contribution is 7.91. The fourth-order valence-electron chi connectivity index (χ4n) is 2.66. The number of ether oxygens (including phenoxy) is 1. The van der Waals surface area contributed by atoms with Crippen LogP contribution in [0.3, 0.4) is 0 Å².